The Morgan fingerprint density at radius 3 is 2.60 bits per heavy atom. The first-order valence-corrected chi connectivity index (χ1v) is 7.90. The minimum absolute atomic E-state index is 0.313. The first-order valence-electron chi connectivity index (χ1n) is 7.90. The maximum atomic E-state index is 13.1. The molecular weight excluding hydrogens is 333 g/mol. The zero-order chi connectivity index (χ0) is 17.7. The Bertz CT molecular complexity index is 909. The van der Waals surface area contributed by atoms with Crippen molar-refractivity contribution in [2.75, 3.05) is 0 Å². The second-order valence-electron chi connectivity index (χ2n) is 6.28. The van der Waals surface area contributed by atoms with Gasteiger partial charge in [0, 0.05) is 13.2 Å². The van der Waals surface area contributed by atoms with Gasteiger partial charge in [-0.15, -0.1) is 0 Å². The van der Waals surface area contributed by atoms with E-state index in [0.29, 0.717) is 35.8 Å². The van der Waals surface area contributed by atoms with Crippen LogP contribution >= 0.6 is 0 Å². The quantitative estimate of drug-likeness (QED) is 0.719. The molecule has 0 radical (unpaired) electrons. The van der Waals surface area contributed by atoms with Gasteiger partial charge in [0.1, 0.15) is 5.69 Å². The van der Waals surface area contributed by atoms with Crippen molar-refractivity contribution < 1.29 is 17.7 Å². The molecule has 0 atom stereocenters. The van der Waals surface area contributed by atoms with E-state index in [4.69, 9.17) is 4.52 Å². The standard InChI is InChI=1S/C17H15F3N4O/c1-24-13(6-9-21-24)14-22-15(23-25-14)16(7-3-8-16)11-4-2-5-12(10-11)17(18,19)20/h2,4-6,9-10H,3,7-8H2,1H3. The Hall–Kier alpha value is -2.64. The predicted molar refractivity (Wildman–Crippen MR) is 82.6 cm³/mol. The van der Waals surface area contributed by atoms with E-state index < -0.39 is 17.2 Å². The summed E-state index contributed by atoms with van der Waals surface area (Å²) in [6.07, 6.45) is -0.466. The Balaban J connectivity index is 1.76. The van der Waals surface area contributed by atoms with Crippen LogP contribution in [-0.4, -0.2) is 19.9 Å². The van der Waals surface area contributed by atoms with Crippen molar-refractivity contribution in [3.63, 3.8) is 0 Å². The zero-order valence-electron chi connectivity index (χ0n) is 13.4. The van der Waals surface area contributed by atoms with Crippen LogP contribution in [0.25, 0.3) is 11.6 Å². The van der Waals surface area contributed by atoms with E-state index in [1.54, 1.807) is 30.1 Å². The van der Waals surface area contributed by atoms with Crippen LogP contribution in [0.1, 0.15) is 36.2 Å². The minimum atomic E-state index is -4.38. The van der Waals surface area contributed by atoms with E-state index in [0.717, 1.165) is 12.5 Å². The summed E-state index contributed by atoms with van der Waals surface area (Å²) in [7, 11) is 1.76. The lowest BCUT2D eigenvalue weighted by Gasteiger charge is -2.39. The van der Waals surface area contributed by atoms with E-state index in [-0.39, 0.29) is 0 Å². The van der Waals surface area contributed by atoms with Crippen LogP contribution in [0, 0.1) is 0 Å². The molecule has 0 aliphatic heterocycles. The van der Waals surface area contributed by atoms with Crippen LogP contribution in [0.3, 0.4) is 0 Å². The Morgan fingerprint density at radius 1 is 1.20 bits per heavy atom. The van der Waals surface area contributed by atoms with Crippen molar-refractivity contribution in [2.24, 2.45) is 7.05 Å². The van der Waals surface area contributed by atoms with Gasteiger partial charge in [0.2, 0.25) is 0 Å². The number of aryl methyl sites for hydroxylation is 1. The van der Waals surface area contributed by atoms with Gasteiger partial charge in [0.25, 0.3) is 5.89 Å². The highest BCUT2D eigenvalue weighted by molar-refractivity contribution is 5.47. The van der Waals surface area contributed by atoms with Crippen molar-refractivity contribution in [3.05, 3.63) is 53.5 Å². The summed E-state index contributed by atoms with van der Waals surface area (Å²) in [5, 5.41) is 8.13. The van der Waals surface area contributed by atoms with Gasteiger partial charge in [-0.2, -0.15) is 23.3 Å². The lowest BCUT2D eigenvalue weighted by molar-refractivity contribution is -0.137. The lowest BCUT2D eigenvalue weighted by Crippen LogP contribution is -2.36. The molecule has 0 N–H and O–H groups in total. The van der Waals surface area contributed by atoms with Crippen LogP contribution in [0.4, 0.5) is 13.2 Å². The highest BCUT2D eigenvalue weighted by Gasteiger charge is 2.45. The maximum absolute atomic E-state index is 13.1. The normalized spacial score (nSPS) is 16.6. The van der Waals surface area contributed by atoms with E-state index in [1.165, 1.54) is 12.1 Å². The summed E-state index contributed by atoms with van der Waals surface area (Å²) in [5.41, 5.74) is -0.0449. The Labute approximate surface area is 141 Å². The molecule has 2 aromatic heterocycles. The molecule has 1 fully saturated rings. The fourth-order valence-electron chi connectivity index (χ4n) is 3.27. The summed E-state index contributed by atoms with van der Waals surface area (Å²) in [5.74, 6) is 0.738. The number of nitrogens with zero attached hydrogens (tertiary/aromatic N) is 4. The minimum Gasteiger partial charge on any atom is -0.332 e. The number of rotatable bonds is 3. The van der Waals surface area contributed by atoms with E-state index in [9.17, 15) is 13.2 Å². The average Bonchev–Trinajstić information content (AvgIpc) is 3.15. The van der Waals surface area contributed by atoms with Crippen molar-refractivity contribution >= 4 is 0 Å². The van der Waals surface area contributed by atoms with Gasteiger partial charge in [-0.25, -0.2) is 0 Å². The molecule has 0 saturated heterocycles. The molecule has 0 spiro atoms. The number of hydrogen-bond donors (Lipinski definition) is 0. The Morgan fingerprint density at radius 2 is 2.00 bits per heavy atom. The molecule has 130 valence electrons. The monoisotopic (exact) mass is 348 g/mol. The molecule has 1 aliphatic carbocycles. The molecule has 25 heavy (non-hydrogen) atoms. The molecular formula is C17H15F3N4O. The van der Waals surface area contributed by atoms with Crippen LogP contribution < -0.4 is 0 Å². The highest BCUT2D eigenvalue weighted by atomic mass is 19.4. The summed E-state index contributed by atoms with van der Waals surface area (Å²) in [4.78, 5) is 4.46. The van der Waals surface area contributed by atoms with Crippen molar-refractivity contribution in [3.8, 4) is 11.6 Å². The van der Waals surface area contributed by atoms with Crippen molar-refractivity contribution in [1.82, 2.24) is 19.9 Å². The van der Waals surface area contributed by atoms with Gasteiger partial charge in [-0.1, -0.05) is 29.8 Å². The third-order valence-corrected chi connectivity index (χ3v) is 4.84. The SMILES string of the molecule is Cn1nccc1-c1nc(C2(c3cccc(C(F)(F)F)c3)CCC2)no1. The summed E-state index contributed by atoms with van der Waals surface area (Å²) in [6, 6.07) is 7.15. The molecule has 1 aromatic carbocycles. The third kappa shape index (κ3) is 2.52. The number of hydrogen-bond acceptors (Lipinski definition) is 4. The second-order valence-corrected chi connectivity index (χ2v) is 6.28. The topological polar surface area (TPSA) is 56.7 Å². The number of alkyl halides is 3. The fraction of sp³-hybridized carbons (Fsp3) is 0.353. The summed E-state index contributed by atoms with van der Waals surface area (Å²) in [6.45, 7) is 0. The molecule has 1 saturated carbocycles. The average molecular weight is 348 g/mol. The molecule has 0 amide bonds. The maximum Gasteiger partial charge on any atom is 0.416 e. The van der Waals surface area contributed by atoms with Gasteiger partial charge in [0.05, 0.1) is 11.0 Å². The van der Waals surface area contributed by atoms with E-state index in [2.05, 4.69) is 15.2 Å². The molecule has 5 nitrogen and oxygen atoms in total. The smallest absolute Gasteiger partial charge is 0.332 e. The first kappa shape index (κ1) is 15.9. The molecule has 0 unspecified atom stereocenters. The van der Waals surface area contributed by atoms with E-state index >= 15 is 0 Å². The van der Waals surface area contributed by atoms with Crippen LogP contribution in [-0.2, 0) is 18.6 Å². The fourth-order valence-corrected chi connectivity index (χ4v) is 3.27. The largest absolute Gasteiger partial charge is 0.416 e. The lowest BCUT2D eigenvalue weighted by atomic mass is 9.63. The molecule has 3 aromatic rings. The van der Waals surface area contributed by atoms with Crippen LogP contribution in [0.15, 0.2) is 41.1 Å². The van der Waals surface area contributed by atoms with Gasteiger partial charge >= 0.3 is 6.18 Å². The van der Waals surface area contributed by atoms with Crippen molar-refractivity contribution in [1.29, 1.82) is 0 Å². The molecule has 4 rings (SSSR count). The molecule has 0 bridgehead atoms. The predicted octanol–water partition coefficient (Wildman–Crippen LogP) is 3.96. The molecule has 1 aliphatic rings. The van der Waals surface area contributed by atoms with E-state index in [1.807, 2.05) is 0 Å². The third-order valence-electron chi connectivity index (χ3n) is 4.84. The van der Waals surface area contributed by atoms with Gasteiger partial charge < -0.3 is 4.52 Å². The molecule has 2 heterocycles. The summed E-state index contributed by atoms with van der Waals surface area (Å²) < 4.78 is 46.1. The molecule has 8 heteroatoms. The first-order chi connectivity index (χ1) is 11.9. The summed E-state index contributed by atoms with van der Waals surface area (Å²) >= 11 is 0. The van der Waals surface area contributed by atoms with Crippen molar-refractivity contribution in [2.45, 2.75) is 30.9 Å². The second kappa shape index (κ2) is 5.44. The number of aromatic nitrogens is 4. The number of benzene rings is 1. The van der Waals surface area contributed by atoms with Gasteiger partial charge in [-0.05, 0) is 30.5 Å². The van der Waals surface area contributed by atoms with Crippen LogP contribution in [0.5, 0.6) is 0 Å². The zero-order valence-corrected chi connectivity index (χ0v) is 13.4. The van der Waals surface area contributed by atoms with Crippen LogP contribution in [0.2, 0.25) is 0 Å². The highest BCUT2D eigenvalue weighted by Crippen LogP contribution is 2.49. The van der Waals surface area contributed by atoms with Gasteiger partial charge in [0.15, 0.2) is 5.82 Å². The van der Waals surface area contributed by atoms with Gasteiger partial charge in [-0.3, -0.25) is 4.68 Å². The number of halogens is 3. The Kier molecular flexibility index (Phi) is 3.45.